The summed E-state index contributed by atoms with van der Waals surface area (Å²) in [4.78, 5) is 4.51. The topological polar surface area (TPSA) is 64.9 Å². The highest BCUT2D eigenvalue weighted by Crippen LogP contribution is 2.36. The van der Waals surface area contributed by atoms with E-state index in [-0.39, 0.29) is 0 Å². The predicted molar refractivity (Wildman–Crippen MR) is 81.4 cm³/mol. The second-order valence-electron chi connectivity index (χ2n) is 4.43. The van der Waals surface area contributed by atoms with E-state index in [2.05, 4.69) is 10.1 Å². The Kier molecular flexibility index (Phi) is 3.70. The molecule has 0 spiro atoms. The molecule has 0 bridgehead atoms. The van der Waals surface area contributed by atoms with Crippen molar-refractivity contribution in [1.29, 1.82) is 0 Å². The third-order valence-electron chi connectivity index (χ3n) is 3.10. The summed E-state index contributed by atoms with van der Waals surface area (Å²) in [5, 5.41) is 4.45. The molecule has 19 heavy (non-hydrogen) atoms. The smallest absolute Gasteiger partial charge is 0.260 e. The Hall–Kier alpha value is -1.14. The molecule has 1 atom stereocenters. The van der Waals surface area contributed by atoms with Crippen LogP contribution in [0.3, 0.4) is 0 Å². The van der Waals surface area contributed by atoms with E-state index in [1.165, 1.54) is 5.75 Å². The van der Waals surface area contributed by atoms with Gasteiger partial charge in [0.05, 0.1) is 10.8 Å². The van der Waals surface area contributed by atoms with E-state index in [1.807, 2.05) is 48.6 Å². The van der Waals surface area contributed by atoms with Gasteiger partial charge in [0, 0.05) is 22.9 Å². The number of thioether (sulfide) groups is 2. The number of aryl methyl sites for hydroxylation is 1. The Morgan fingerprint density at radius 2 is 2.26 bits per heavy atom. The molecule has 1 aliphatic heterocycles. The molecule has 1 aliphatic rings. The standard InChI is InChI=1S/C13H15N3OS2/c1-8-3-2-4-9(11(8)14)13-15-12(16-17-13)10-7-18-5-6-19-10/h2-4,10H,5-7,14H2,1H3. The number of rotatable bonds is 2. The molecule has 1 saturated heterocycles. The number of nitrogen functional groups attached to an aromatic ring is 1. The highest BCUT2D eigenvalue weighted by atomic mass is 32.2. The lowest BCUT2D eigenvalue weighted by Gasteiger charge is -2.16. The quantitative estimate of drug-likeness (QED) is 0.858. The number of nitrogens with two attached hydrogens (primary N) is 1. The van der Waals surface area contributed by atoms with E-state index in [0.29, 0.717) is 16.8 Å². The van der Waals surface area contributed by atoms with Crippen LogP contribution in [0.2, 0.25) is 0 Å². The summed E-state index contributed by atoms with van der Waals surface area (Å²) in [6.45, 7) is 1.98. The normalized spacial score (nSPS) is 19.5. The molecule has 2 heterocycles. The second-order valence-corrected chi connectivity index (χ2v) is 6.89. The van der Waals surface area contributed by atoms with Gasteiger partial charge in [-0.3, -0.25) is 0 Å². The van der Waals surface area contributed by atoms with Gasteiger partial charge < -0.3 is 10.3 Å². The molecule has 4 nitrogen and oxygen atoms in total. The van der Waals surface area contributed by atoms with Crippen molar-refractivity contribution in [2.75, 3.05) is 23.0 Å². The van der Waals surface area contributed by atoms with E-state index in [9.17, 15) is 0 Å². The number of aromatic nitrogens is 2. The largest absolute Gasteiger partial charge is 0.398 e. The molecule has 1 aromatic heterocycles. The molecule has 0 amide bonds. The van der Waals surface area contributed by atoms with Gasteiger partial charge in [-0.15, -0.1) is 11.8 Å². The summed E-state index contributed by atoms with van der Waals surface area (Å²) in [5.41, 5.74) is 8.63. The van der Waals surface area contributed by atoms with Crippen LogP contribution in [0.15, 0.2) is 22.7 Å². The van der Waals surface area contributed by atoms with Crippen LogP contribution < -0.4 is 5.73 Å². The molecule has 0 radical (unpaired) electrons. The van der Waals surface area contributed by atoms with E-state index in [4.69, 9.17) is 10.3 Å². The number of hydrogen-bond donors (Lipinski definition) is 1. The zero-order chi connectivity index (χ0) is 13.2. The van der Waals surface area contributed by atoms with Gasteiger partial charge in [0.1, 0.15) is 0 Å². The van der Waals surface area contributed by atoms with Gasteiger partial charge in [-0.25, -0.2) is 0 Å². The first-order valence-corrected chi connectivity index (χ1v) is 8.34. The van der Waals surface area contributed by atoms with Crippen molar-refractivity contribution < 1.29 is 4.52 Å². The van der Waals surface area contributed by atoms with Gasteiger partial charge in [0.25, 0.3) is 5.89 Å². The van der Waals surface area contributed by atoms with Crippen molar-refractivity contribution in [3.8, 4) is 11.5 Å². The summed E-state index contributed by atoms with van der Waals surface area (Å²) in [6.07, 6.45) is 0. The maximum Gasteiger partial charge on any atom is 0.260 e. The van der Waals surface area contributed by atoms with Crippen LogP contribution in [-0.2, 0) is 0 Å². The molecule has 1 aromatic carbocycles. The molecule has 1 fully saturated rings. The van der Waals surface area contributed by atoms with E-state index < -0.39 is 0 Å². The van der Waals surface area contributed by atoms with Crippen LogP contribution in [0.1, 0.15) is 16.6 Å². The van der Waals surface area contributed by atoms with Crippen LogP contribution in [0.4, 0.5) is 5.69 Å². The van der Waals surface area contributed by atoms with Gasteiger partial charge in [-0.2, -0.15) is 16.7 Å². The molecular formula is C13H15N3OS2. The Bertz CT molecular complexity index is 579. The van der Waals surface area contributed by atoms with Gasteiger partial charge in [-0.05, 0) is 18.6 Å². The lowest BCUT2D eigenvalue weighted by Crippen LogP contribution is -2.07. The Balaban J connectivity index is 1.90. The van der Waals surface area contributed by atoms with Crippen molar-refractivity contribution in [3.05, 3.63) is 29.6 Å². The molecular weight excluding hydrogens is 278 g/mol. The first kappa shape index (κ1) is 12.9. The summed E-state index contributed by atoms with van der Waals surface area (Å²) in [5.74, 6) is 4.70. The molecule has 100 valence electrons. The van der Waals surface area contributed by atoms with Gasteiger partial charge >= 0.3 is 0 Å². The first-order valence-electron chi connectivity index (χ1n) is 6.14. The van der Waals surface area contributed by atoms with Crippen LogP contribution in [0, 0.1) is 6.92 Å². The lowest BCUT2D eigenvalue weighted by molar-refractivity contribution is 0.423. The Labute approximate surface area is 120 Å². The van der Waals surface area contributed by atoms with Crippen LogP contribution in [0.5, 0.6) is 0 Å². The minimum atomic E-state index is 0.335. The minimum absolute atomic E-state index is 0.335. The number of nitrogens with zero attached hydrogens (tertiary/aromatic N) is 2. The summed E-state index contributed by atoms with van der Waals surface area (Å²) >= 11 is 3.84. The molecule has 0 aliphatic carbocycles. The summed E-state index contributed by atoms with van der Waals surface area (Å²) < 4.78 is 5.38. The predicted octanol–water partition coefficient (Wildman–Crippen LogP) is 3.15. The van der Waals surface area contributed by atoms with Gasteiger partial charge in [0.15, 0.2) is 5.82 Å². The van der Waals surface area contributed by atoms with Crippen LogP contribution in [0.25, 0.3) is 11.5 Å². The van der Waals surface area contributed by atoms with Crippen molar-refractivity contribution in [3.63, 3.8) is 0 Å². The molecule has 6 heteroatoms. The van der Waals surface area contributed by atoms with Gasteiger partial charge in [-0.1, -0.05) is 17.3 Å². The molecule has 1 unspecified atom stereocenters. The second kappa shape index (κ2) is 5.46. The Morgan fingerprint density at radius 1 is 1.37 bits per heavy atom. The van der Waals surface area contributed by atoms with Crippen LogP contribution in [-0.4, -0.2) is 27.4 Å². The monoisotopic (exact) mass is 293 g/mol. The number of anilines is 1. The summed E-state index contributed by atoms with van der Waals surface area (Å²) in [6, 6.07) is 5.85. The third-order valence-corrected chi connectivity index (χ3v) is 5.85. The van der Waals surface area contributed by atoms with Crippen molar-refractivity contribution in [1.82, 2.24) is 10.1 Å². The summed E-state index contributed by atoms with van der Waals surface area (Å²) in [7, 11) is 0. The van der Waals surface area contributed by atoms with E-state index >= 15 is 0 Å². The van der Waals surface area contributed by atoms with E-state index in [0.717, 1.165) is 28.5 Å². The van der Waals surface area contributed by atoms with Crippen LogP contribution >= 0.6 is 23.5 Å². The maximum absolute atomic E-state index is 6.07. The first-order chi connectivity index (χ1) is 9.25. The fourth-order valence-corrected chi connectivity index (χ4v) is 4.57. The lowest BCUT2D eigenvalue weighted by atomic mass is 10.1. The number of para-hydroxylation sites is 1. The zero-order valence-electron chi connectivity index (χ0n) is 10.6. The average Bonchev–Trinajstić information content (AvgIpc) is 2.92. The average molecular weight is 293 g/mol. The third kappa shape index (κ3) is 2.60. The maximum atomic E-state index is 6.07. The molecule has 2 N–H and O–H groups in total. The number of benzene rings is 1. The Morgan fingerprint density at radius 3 is 3.05 bits per heavy atom. The molecule has 2 aromatic rings. The highest BCUT2D eigenvalue weighted by Gasteiger charge is 2.22. The van der Waals surface area contributed by atoms with Crippen molar-refractivity contribution in [2.24, 2.45) is 0 Å². The van der Waals surface area contributed by atoms with E-state index in [1.54, 1.807) is 0 Å². The highest BCUT2D eigenvalue weighted by molar-refractivity contribution is 8.06. The molecule has 0 saturated carbocycles. The molecule has 3 rings (SSSR count). The fourth-order valence-electron chi connectivity index (χ4n) is 1.98. The van der Waals surface area contributed by atoms with Crippen molar-refractivity contribution >= 4 is 29.2 Å². The fraction of sp³-hybridized carbons (Fsp3) is 0.385. The SMILES string of the molecule is Cc1cccc(-c2nc(C3CSCCS3)no2)c1N. The zero-order valence-corrected chi connectivity index (χ0v) is 12.3. The minimum Gasteiger partial charge on any atom is -0.398 e. The van der Waals surface area contributed by atoms with Gasteiger partial charge in [0.2, 0.25) is 0 Å². The number of hydrogen-bond acceptors (Lipinski definition) is 6. The van der Waals surface area contributed by atoms with Crippen molar-refractivity contribution in [2.45, 2.75) is 12.2 Å².